The summed E-state index contributed by atoms with van der Waals surface area (Å²) in [5.74, 6) is -2.77. The van der Waals surface area contributed by atoms with Gasteiger partial charge in [0.15, 0.2) is 37.0 Å². The lowest BCUT2D eigenvalue weighted by atomic mass is 10.0. The van der Waals surface area contributed by atoms with E-state index in [1.807, 2.05) is 0 Å². The molecule has 0 bridgehead atoms. The second-order valence-corrected chi connectivity index (χ2v) is 7.17. The molecule has 0 aromatic rings. The molecule has 0 saturated carbocycles. The summed E-state index contributed by atoms with van der Waals surface area (Å²) in [5.41, 5.74) is 0. The Morgan fingerprint density at radius 3 is 1.69 bits per heavy atom. The van der Waals surface area contributed by atoms with Crippen LogP contribution in [-0.4, -0.2) is 98.5 Å². The first kappa shape index (κ1) is 25.9. The van der Waals surface area contributed by atoms with E-state index in [1.54, 1.807) is 0 Å². The Bertz CT molecular complexity index is 695. The van der Waals surface area contributed by atoms with Crippen molar-refractivity contribution in [1.29, 1.82) is 0 Å². The van der Waals surface area contributed by atoms with Crippen LogP contribution in [0.2, 0.25) is 0 Å². The maximum absolute atomic E-state index is 11.7. The lowest BCUT2D eigenvalue weighted by Crippen LogP contribution is -2.62. The van der Waals surface area contributed by atoms with Gasteiger partial charge in [0.1, 0.15) is 12.2 Å². The van der Waals surface area contributed by atoms with E-state index in [0.29, 0.717) is 0 Å². The highest BCUT2D eigenvalue weighted by Crippen LogP contribution is 2.29. The summed E-state index contributed by atoms with van der Waals surface area (Å²) in [5, 5.41) is 10.6. The van der Waals surface area contributed by atoms with Crippen molar-refractivity contribution in [3.63, 3.8) is 0 Å². The Labute approximate surface area is 184 Å². The first-order valence-corrected chi connectivity index (χ1v) is 9.81. The van der Waals surface area contributed by atoms with Crippen LogP contribution < -0.4 is 0 Å². The molecule has 8 unspecified atom stereocenters. The van der Waals surface area contributed by atoms with Crippen molar-refractivity contribution in [2.45, 2.75) is 76.9 Å². The van der Waals surface area contributed by atoms with Crippen LogP contribution in [-0.2, 0) is 57.1 Å². The number of esters is 4. The first-order valence-electron chi connectivity index (χ1n) is 9.81. The van der Waals surface area contributed by atoms with Gasteiger partial charge in [0.05, 0.1) is 13.2 Å². The maximum atomic E-state index is 11.7. The number of ether oxygens (including phenoxy) is 8. The molecule has 2 fully saturated rings. The summed E-state index contributed by atoms with van der Waals surface area (Å²) < 4.78 is 42.7. The zero-order valence-corrected chi connectivity index (χ0v) is 18.4. The smallest absolute Gasteiger partial charge is 0.303 e. The summed E-state index contributed by atoms with van der Waals surface area (Å²) in [6, 6.07) is 0. The van der Waals surface area contributed by atoms with Gasteiger partial charge in [-0.1, -0.05) is 0 Å². The fourth-order valence-electron chi connectivity index (χ4n) is 3.39. The molecule has 0 aliphatic carbocycles. The van der Waals surface area contributed by atoms with Gasteiger partial charge >= 0.3 is 23.9 Å². The Morgan fingerprint density at radius 1 is 0.688 bits per heavy atom. The van der Waals surface area contributed by atoms with E-state index in [4.69, 9.17) is 37.9 Å². The third-order valence-electron chi connectivity index (χ3n) is 4.56. The second kappa shape index (κ2) is 11.5. The normalized spacial score (nSPS) is 34.8. The standard InChI is InChI=1S/C19H28O13/c1-8(20)28-12-6-27-19(16(14(12)24)30-10(3)22)32-13-7-26-18(25-5)17(31-11(4)23)15(13)29-9(2)21/h12-19,24H,6-7H2,1-5H3. The average molecular weight is 464 g/mol. The molecule has 2 aliphatic rings. The van der Waals surface area contributed by atoms with E-state index < -0.39 is 73.1 Å². The van der Waals surface area contributed by atoms with Gasteiger partial charge in [0, 0.05) is 34.8 Å². The van der Waals surface area contributed by atoms with Gasteiger partial charge in [0.25, 0.3) is 0 Å². The molecule has 32 heavy (non-hydrogen) atoms. The fourth-order valence-corrected chi connectivity index (χ4v) is 3.39. The van der Waals surface area contributed by atoms with E-state index in [1.165, 1.54) is 7.11 Å². The minimum absolute atomic E-state index is 0.176. The predicted molar refractivity (Wildman–Crippen MR) is 99.6 cm³/mol. The van der Waals surface area contributed by atoms with Crippen LogP contribution >= 0.6 is 0 Å². The Balaban J connectivity index is 2.25. The minimum Gasteiger partial charge on any atom is -0.457 e. The SMILES string of the molecule is COC1OCC(OC2OCC(OC(C)=O)C(O)C2OC(C)=O)C(OC(C)=O)C1OC(C)=O. The summed E-state index contributed by atoms with van der Waals surface area (Å²) in [7, 11) is 1.32. The van der Waals surface area contributed by atoms with Crippen molar-refractivity contribution in [2.75, 3.05) is 20.3 Å². The zero-order valence-electron chi connectivity index (χ0n) is 18.4. The largest absolute Gasteiger partial charge is 0.457 e. The summed E-state index contributed by atoms with van der Waals surface area (Å²) >= 11 is 0. The Morgan fingerprint density at radius 2 is 1.16 bits per heavy atom. The molecule has 182 valence electrons. The number of rotatable bonds is 7. The Kier molecular flexibility index (Phi) is 9.33. The number of carbonyl (C=O) groups excluding carboxylic acids is 4. The van der Waals surface area contributed by atoms with Crippen molar-refractivity contribution in [3.05, 3.63) is 0 Å². The van der Waals surface area contributed by atoms with Crippen LogP contribution in [0.1, 0.15) is 27.7 Å². The molecule has 0 amide bonds. The van der Waals surface area contributed by atoms with Crippen LogP contribution in [0.15, 0.2) is 0 Å². The molecular formula is C19H28O13. The quantitative estimate of drug-likeness (QED) is 0.354. The minimum atomic E-state index is -1.46. The molecule has 2 saturated heterocycles. The van der Waals surface area contributed by atoms with Crippen molar-refractivity contribution in [2.24, 2.45) is 0 Å². The molecule has 0 spiro atoms. The van der Waals surface area contributed by atoms with E-state index in [9.17, 15) is 24.3 Å². The topological polar surface area (TPSA) is 162 Å². The lowest BCUT2D eigenvalue weighted by Gasteiger charge is -2.44. The van der Waals surface area contributed by atoms with Gasteiger partial charge in [-0.25, -0.2) is 0 Å². The van der Waals surface area contributed by atoms with E-state index in [0.717, 1.165) is 27.7 Å². The summed E-state index contributed by atoms with van der Waals surface area (Å²) in [6.07, 6.45) is -9.73. The molecule has 13 heteroatoms. The van der Waals surface area contributed by atoms with E-state index >= 15 is 0 Å². The highest BCUT2D eigenvalue weighted by Gasteiger charge is 2.50. The van der Waals surface area contributed by atoms with Gasteiger partial charge in [-0.15, -0.1) is 0 Å². The van der Waals surface area contributed by atoms with Crippen molar-refractivity contribution in [3.8, 4) is 0 Å². The number of carbonyl (C=O) groups is 4. The van der Waals surface area contributed by atoms with E-state index in [2.05, 4.69) is 0 Å². The number of hydrogen-bond acceptors (Lipinski definition) is 13. The highest BCUT2D eigenvalue weighted by molar-refractivity contribution is 5.68. The molecular weight excluding hydrogens is 436 g/mol. The predicted octanol–water partition coefficient (Wildman–Crippen LogP) is -1.18. The van der Waals surface area contributed by atoms with Crippen molar-refractivity contribution >= 4 is 23.9 Å². The molecule has 2 rings (SSSR count). The molecule has 8 atom stereocenters. The number of hydrogen-bond donors (Lipinski definition) is 1. The van der Waals surface area contributed by atoms with Gasteiger partial charge in [-0.3, -0.25) is 19.2 Å². The first-order chi connectivity index (χ1) is 15.0. The van der Waals surface area contributed by atoms with Gasteiger partial charge in [0.2, 0.25) is 0 Å². The highest BCUT2D eigenvalue weighted by atomic mass is 16.8. The monoisotopic (exact) mass is 464 g/mol. The third kappa shape index (κ3) is 6.84. The lowest BCUT2D eigenvalue weighted by molar-refractivity contribution is -0.329. The third-order valence-corrected chi connectivity index (χ3v) is 4.56. The molecule has 2 heterocycles. The number of methoxy groups -OCH3 is 1. The van der Waals surface area contributed by atoms with Gasteiger partial charge in [-0.2, -0.15) is 0 Å². The zero-order chi connectivity index (χ0) is 24.0. The average Bonchev–Trinajstić information content (AvgIpc) is 2.68. The molecule has 1 N–H and O–H groups in total. The fraction of sp³-hybridized carbons (Fsp3) is 0.789. The molecule has 2 aliphatic heterocycles. The van der Waals surface area contributed by atoms with Gasteiger partial charge in [-0.05, 0) is 0 Å². The molecule has 13 nitrogen and oxygen atoms in total. The van der Waals surface area contributed by atoms with Crippen molar-refractivity contribution in [1.82, 2.24) is 0 Å². The number of aliphatic hydroxyl groups is 1. The molecule has 0 radical (unpaired) electrons. The Hall–Kier alpha value is -2.32. The summed E-state index contributed by atoms with van der Waals surface area (Å²) in [6.45, 7) is 4.15. The van der Waals surface area contributed by atoms with Crippen LogP contribution in [0, 0.1) is 0 Å². The van der Waals surface area contributed by atoms with Crippen LogP contribution in [0.25, 0.3) is 0 Å². The van der Waals surface area contributed by atoms with Crippen LogP contribution in [0.5, 0.6) is 0 Å². The van der Waals surface area contributed by atoms with E-state index in [-0.39, 0.29) is 13.2 Å². The van der Waals surface area contributed by atoms with Crippen LogP contribution in [0.4, 0.5) is 0 Å². The van der Waals surface area contributed by atoms with Gasteiger partial charge < -0.3 is 43.0 Å². The summed E-state index contributed by atoms with van der Waals surface area (Å²) in [4.78, 5) is 46.1. The number of aliphatic hydroxyl groups excluding tert-OH is 1. The van der Waals surface area contributed by atoms with Crippen LogP contribution in [0.3, 0.4) is 0 Å². The molecule has 0 aromatic heterocycles. The second-order valence-electron chi connectivity index (χ2n) is 7.17. The molecule has 0 aromatic carbocycles. The van der Waals surface area contributed by atoms with Crippen molar-refractivity contribution < 1.29 is 62.2 Å². The maximum Gasteiger partial charge on any atom is 0.303 e.